The van der Waals surface area contributed by atoms with E-state index in [0.717, 1.165) is 10.9 Å². The summed E-state index contributed by atoms with van der Waals surface area (Å²) in [5, 5.41) is 15.6. The number of methoxy groups -OCH3 is 1. The van der Waals surface area contributed by atoms with E-state index in [1.807, 2.05) is 25.1 Å². The topological polar surface area (TPSA) is 126 Å². The zero-order valence-electron chi connectivity index (χ0n) is 19.1. The summed E-state index contributed by atoms with van der Waals surface area (Å²) < 4.78 is 16.3. The zero-order valence-corrected chi connectivity index (χ0v) is 19.1. The minimum atomic E-state index is -1.32. The Labute approximate surface area is 191 Å². The molecule has 3 rings (SSSR count). The Morgan fingerprint density at radius 1 is 1.27 bits per heavy atom. The van der Waals surface area contributed by atoms with Crippen molar-refractivity contribution in [1.82, 2.24) is 10.6 Å². The van der Waals surface area contributed by atoms with Crippen molar-refractivity contribution in [2.75, 3.05) is 20.3 Å². The minimum Gasteiger partial charge on any atom is -0.497 e. The Balaban J connectivity index is 1.83. The van der Waals surface area contributed by atoms with E-state index < -0.39 is 35.6 Å². The van der Waals surface area contributed by atoms with E-state index in [1.54, 1.807) is 19.1 Å². The summed E-state index contributed by atoms with van der Waals surface area (Å²) in [5.74, 6) is -1.67. The van der Waals surface area contributed by atoms with Gasteiger partial charge < -0.3 is 30.0 Å². The van der Waals surface area contributed by atoms with Gasteiger partial charge in [0.05, 0.1) is 31.1 Å². The largest absolute Gasteiger partial charge is 0.497 e. The molecule has 0 spiro atoms. The predicted octanol–water partition coefficient (Wildman–Crippen LogP) is 1.60. The predicted molar refractivity (Wildman–Crippen MR) is 121 cm³/mol. The molecule has 2 aromatic rings. The second-order valence-corrected chi connectivity index (χ2v) is 8.26. The van der Waals surface area contributed by atoms with Crippen molar-refractivity contribution in [3.05, 3.63) is 53.7 Å². The Morgan fingerprint density at radius 3 is 2.58 bits per heavy atom. The van der Waals surface area contributed by atoms with Gasteiger partial charge in [0.15, 0.2) is 0 Å². The normalized spacial score (nSPS) is 18.7. The van der Waals surface area contributed by atoms with Gasteiger partial charge in [-0.1, -0.05) is 24.8 Å². The van der Waals surface area contributed by atoms with Crippen LogP contribution in [0.4, 0.5) is 0 Å². The third-order valence-electron chi connectivity index (χ3n) is 5.37. The summed E-state index contributed by atoms with van der Waals surface area (Å²) in [6.45, 7) is 8.80. The van der Waals surface area contributed by atoms with Crippen LogP contribution in [0.3, 0.4) is 0 Å². The number of hydrogen-bond donors (Lipinski definition) is 3. The molecule has 0 unspecified atom stereocenters. The van der Waals surface area contributed by atoms with Crippen LogP contribution in [0.1, 0.15) is 29.8 Å². The summed E-state index contributed by atoms with van der Waals surface area (Å²) in [7, 11) is 1.50. The molecule has 33 heavy (non-hydrogen) atoms. The Morgan fingerprint density at radius 2 is 1.97 bits per heavy atom. The number of epoxide rings is 1. The van der Waals surface area contributed by atoms with Crippen molar-refractivity contribution in [3.63, 3.8) is 0 Å². The van der Waals surface area contributed by atoms with Crippen LogP contribution in [-0.4, -0.2) is 61.0 Å². The fraction of sp³-hybridized carbons (Fsp3) is 0.375. The summed E-state index contributed by atoms with van der Waals surface area (Å²) in [6, 6.07) is 8.91. The lowest BCUT2D eigenvalue weighted by atomic mass is 10.00. The molecule has 9 nitrogen and oxygen atoms in total. The van der Waals surface area contributed by atoms with Gasteiger partial charge in [0.2, 0.25) is 6.10 Å². The number of benzene rings is 2. The van der Waals surface area contributed by atoms with Crippen LogP contribution >= 0.6 is 0 Å². The van der Waals surface area contributed by atoms with Crippen molar-refractivity contribution in [3.8, 4) is 5.75 Å². The molecular weight excluding hydrogens is 428 g/mol. The molecule has 1 aliphatic rings. The number of esters is 1. The molecule has 1 heterocycles. The second kappa shape index (κ2) is 9.60. The van der Waals surface area contributed by atoms with Crippen molar-refractivity contribution >= 4 is 28.6 Å². The van der Waals surface area contributed by atoms with E-state index in [2.05, 4.69) is 17.2 Å². The van der Waals surface area contributed by atoms with Crippen LogP contribution in [0.2, 0.25) is 0 Å². The molecule has 0 radical (unpaired) electrons. The van der Waals surface area contributed by atoms with Crippen LogP contribution in [0.25, 0.3) is 10.8 Å². The summed E-state index contributed by atoms with van der Waals surface area (Å²) >= 11 is 0. The number of nitrogens with one attached hydrogen (secondary N) is 2. The molecule has 1 saturated heterocycles. The van der Waals surface area contributed by atoms with Gasteiger partial charge in [0.25, 0.3) is 11.8 Å². The first-order valence-corrected chi connectivity index (χ1v) is 10.4. The molecule has 2 amide bonds. The number of ether oxygens (including phenoxy) is 3. The van der Waals surface area contributed by atoms with Gasteiger partial charge in [-0.3, -0.25) is 9.59 Å². The molecule has 9 heteroatoms. The molecule has 176 valence electrons. The zero-order chi connectivity index (χ0) is 24.3. The second-order valence-electron chi connectivity index (χ2n) is 8.26. The highest BCUT2D eigenvalue weighted by Gasteiger charge is 2.53. The SMILES string of the molecule is C=C(NC(=O)[C@@H](OC(=O)c1cc(OC)cc2c(C)cccc12)[C@@]1(C)CO1)C(=O)NC[C@@H](C)O. The number of fused-ring (bicyclic) bond motifs is 1. The van der Waals surface area contributed by atoms with Gasteiger partial charge in [0.1, 0.15) is 11.4 Å². The lowest BCUT2D eigenvalue weighted by Crippen LogP contribution is -2.47. The smallest absolute Gasteiger partial charge is 0.339 e. The lowest BCUT2D eigenvalue weighted by molar-refractivity contribution is -0.133. The van der Waals surface area contributed by atoms with Crippen LogP contribution < -0.4 is 15.4 Å². The number of aliphatic hydroxyl groups excluding tert-OH is 1. The molecule has 2 aromatic carbocycles. The highest BCUT2D eigenvalue weighted by molar-refractivity contribution is 6.07. The van der Waals surface area contributed by atoms with Crippen molar-refractivity contribution in [1.29, 1.82) is 0 Å². The van der Waals surface area contributed by atoms with Gasteiger partial charge in [0, 0.05) is 6.54 Å². The van der Waals surface area contributed by atoms with Crippen molar-refractivity contribution < 1.29 is 33.7 Å². The third-order valence-corrected chi connectivity index (χ3v) is 5.37. The molecule has 0 aromatic heterocycles. The first-order valence-electron chi connectivity index (χ1n) is 10.4. The molecule has 0 saturated carbocycles. The Hall–Kier alpha value is -3.43. The molecule has 3 N–H and O–H groups in total. The van der Waals surface area contributed by atoms with E-state index in [-0.39, 0.29) is 24.4 Å². The summed E-state index contributed by atoms with van der Waals surface area (Å²) in [5.41, 5.74) is -0.0792. The molecule has 0 bridgehead atoms. The maximum atomic E-state index is 13.2. The number of aliphatic hydroxyl groups is 1. The molecule has 3 atom stereocenters. The summed E-state index contributed by atoms with van der Waals surface area (Å²) in [6.07, 6.45) is -2.08. The minimum absolute atomic E-state index is 0.00467. The number of aryl methyl sites for hydroxylation is 1. The molecule has 1 aliphatic heterocycles. The highest BCUT2D eigenvalue weighted by atomic mass is 16.6. The van der Waals surface area contributed by atoms with Gasteiger partial charge in [-0.15, -0.1) is 0 Å². The average Bonchev–Trinajstić information content (AvgIpc) is 3.52. The van der Waals surface area contributed by atoms with Gasteiger partial charge in [-0.2, -0.15) is 0 Å². The number of carbonyl (C=O) groups excluding carboxylic acids is 3. The molecule has 0 aliphatic carbocycles. The number of amides is 2. The monoisotopic (exact) mass is 456 g/mol. The fourth-order valence-electron chi connectivity index (χ4n) is 3.31. The van der Waals surface area contributed by atoms with Gasteiger partial charge >= 0.3 is 5.97 Å². The van der Waals surface area contributed by atoms with Crippen LogP contribution in [0.5, 0.6) is 5.75 Å². The maximum absolute atomic E-state index is 13.2. The third kappa shape index (κ3) is 5.50. The first kappa shape index (κ1) is 24.2. The van der Waals surface area contributed by atoms with E-state index in [1.165, 1.54) is 14.0 Å². The summed E-state index contributed by atoms with van der Waals surface area (Å²) in [4.78, 5) is 38.2. The molecular formula is C24H28N2O7. The van der Waals surface area contributed by atoms with Crippen molar-refractivity contribution in [2.24, 2.45) is 0 Å². The average molecular weight is 456 g/mol. The maximum Gasteiger partial charge on any atom is 0.339 e. The quantitative estimate of drug-likeness (QED) is 0.297. The van der Waals surface area contributed by atoms with Gasteiger partial charge in [-0.25, -0.2) is 4.79 Å². The van der Waals surface area contributed by atoms with Gasteiger partial charge in [-0.05, 0) is 49.2 Å². The molecule has 1 fully saturated rings. The first-order chi connectivity index (χ1) is 15.6. The van der Waals surface area contributed by atoms with Crippen LogP contribution in [0.15, 0.2) is 42.6 Å². The van der Waals surface area contributed by atoms with Crippen LogP contribution in [-0.2, 0) is 19.1 Å². The standard InChI is InChI=1S/C24H28N2O7/c1-13-7-6-8-17-18(13)9-16(31-5)10-19(17)23(30)33-20(24(4)12-32-24)22(29)26-15(3)21(28)25-11-14(2)27/h6-10,14,20,27H,3,11-12H2,1-2,4-5H3,(H,25,28)(H,26,29)/t14-,20-,24-/m1/s1. The van der Waals surface area contributed by atoms with E-state index in [9.17, 15) is 19.5 Å². The van der Waals surface area contributed by atoms with Crippen molar-refractivity contribution in [2.45, 2.75) is 38.6 Å². The number of carbonyl (C=O) groups is 3. The van der Waals surface area contributed by atoms with E-state index in [0.29, 0.717) is 11.1 Å². The Bertz CT molecular complexity index is 1110. The van der Waals surface area contributed by atoms with E-state index >= 15 is 0 Å². The number of rotatable bonds is 9. The number of hydrogen-bond acceptors (Lipinski definition) is 7. The highest BCUT2D eigenvalue weighted by Crippen LogP contribution is 2.34. The van der Waals surface area contributed by atoms with E-state index in [4.69, 9.17) is 14.2 Å². The Kier molecular flexibility index (Phi) is 7.04. The fourth-order valence-corrected chi connectivity index (χ4v) is 3.31. The lowest BCUT2D eigenvalue weighted by Gasteiger charge is -2.22. The van der Waals surface area contributed by atoms with Crippen LogP contribution in [0, 0.1) is 6.92 Å².